The third-order valence-corrected chi connectivity index (χ3v) is 2.29. The van der Waals surface area contributed by atoms with Gasteiger partial charge >= 0.3 is 0 Å². The number of aromatic nitrogens is 3. The predicted octanol–water partition coefficient (Wildman–Crippen LogP) is 1.68. The Morgan fingerprint density at radius 2 is 2.19 bits per heavy atom. The van der Waals surface area contributed by atoms with Crippen LogP contribution in [-0.4, -0.2) is 29.0 Å². The number of nitrogens with one attached hydrogen (secondary N) is 1. The van der Waals surface area contributed by atoms with Gasteiger partial charge in [-0.15, -0.1) is 0 Å². The van der Waals surface area contributed by atoms with Crippen molar-refractivity contribution in [1.82, 2.24) is 15.0 Å². The zero-order chi connectivity index (χ0) is 11.4. The number of pyridine rings is 1. The highest BCUT2D eigenvalue weighted by Crippen LogP contribution is 2.21. The molecule has 0 aliphatic carbocycles. The van der Waals surface area contributed by atoms with E-state index in [2.05, 4.69) is 20.3 Å². The van der Waals surface area contributed by atoms with Crippen LogP contribution >= 0.6 is 0 Å². The van der Waals surface area contributed by atoms with Crippen LogP contribution in [0.1, 0.15) is 0 Å². The summed E-state index contributed by atoms with van der Waals surface area (Å²) in [5.74, 6) is 1.62. The van der Waals surface area contributed by atoms with Gasteiger partial charge < -0.3 is 10.2 Å². The summed E-state index contributed by atoms with van der Waals surface area (Å²) in [4.78, 5) is 14.3. The Kier molecular flexibility index (Phi) is 2.95. The molecule has 5 heteroatoms. The summed E-state index contributed by atoms with van der Waals surface area (Å²) >= 11 is 0. The fourth-order valence-electron chi connectivity index (χ4n) is 1.35. The molecule has 0 aromatic carbocycles. The van der Waals surface area contributed by atoms with E-state index in [1.54, 1.807) is 12.4 Å². The molecule has 2 aromatic rings. The van der Waals surface area contributed by atoms with Gasteiger partial charge in [-0.25, -0.2) is 9.97 Å². The first kappa shape index (κ1) is 10.4. The highest BCUT2D eigenvalue weighted by molar-refractivity contribution is 5.60. The summed E-state index contributed by atoms with van der Waals surface area (Å²) in [7, 11) is 3.77. The van der Waals surface area contributed by atoms with Gasteiger partial charge in [-0.2, -0.15) is 0 Å². The van der Waals surface area contributed by atoms with E-state index in [9.17, 15) is 0 Å². The average Bonchev–Trinajstić information content (AvgIpc) is 2.39. The van der Waals surface area contributed by atoms with Crippen molar-refractivity contribution in [3.05, 3.63) is 36.9 Å². The van der Waals surface area contributed by atoms with Crippen molar-refractivity contribution in [1.29, 1.82) is 0 Å². The molecule has 5 nitrogen and oxygen atoms in total. The molecule has 0 saturated carbocycles. The average molecular weight is 215 g/mol. The van der Waals surface area contributed by atoms with Gasteiger partial charge in [0.25, 0.3) is 0 Å². The van der Waals surface area contributed by atoms with Crippen molar-refractivity contribution in [2.45, 2.75) is 0 Å². The fourth-order valence-corrected chi connectivity index (χ4v) is 1.35. The first-order valence-electron chi connectivity index (χ1n) is 4.95. The Labute approximate surface area is 94.2 Å². The maximum absolute atomic E-state index is 4.21. The summed E-state index contributed by atoms with van der Waals surface area (Å²) in [5.41, 5.74) is 0.989. The highest BCUT2D eigenvalue weighted by Gasteiger charge is 2.05. The van der Waals surface area contributed by atoms with E-state index >= 15 is 0 Å². The molecule has 0 saturated heterocycles. The molecule has 0 radical (unpaired) electrons. The molecular formula is C11H13N5. The zero-order valence-electron chi connectivity index (χ0n) is 9.25. The lowest BCUT2D eigenvalue weighted by atomic mass is 10.3. The minimum Gasteiger partial charge on any atom is -0.373 e. The SMILES string of the molecule is CNc1cc(N(C)c2cccnc2)ncn1. The van der Waals surface area contributed by atoms with Gasteiger partial charge in [0, 0.05) is 26.4 Å². The van der Waals surface area contributed by atoms with Crippen LogP contribution in [0.3, 0.4) is 0 Å². The van der Waals surface area contributed by atoms with Crippen LogP contribution in [-0.2, 0) is 0 Å². The van der Waals surface area contributed by atoms with Gasteiger partial charge in [-0.05, 0) is 12.1 Å². The minimum absolute atomic E-state index is 0.792. The lowest BCUT2D eigenvalue weighted by Gasteiger charge is -2.17. The van der Waals surface area contributed by atoms with E-state index in [1.165, 1.54) is 6.33 Å². The van der Waals surface area contributed by atoms with Crippen LogP contribution in [0.15, 0.2) is 36.9 Å². The second kappa shape index (κ2) is 4.57. The predicted molar refractivity (Wildman–Crippen MR) is 63.9 cm³/mol. The van der Waals surface area contributed by atoms with Gasteiger partial charge in [0.2, 0.25) is 0 Å². The molecule has 0 aliphatic rings. The Bertz CT molecular complexity index is 457. The molecule has 0 atom stereocenters. The van der Waals surface area contributed by atoms with Crippen molar-refractivity contribution >= 4 is 17.3 Å². The molecule has 0 spiro atoms. The van der Waals surface area contributed by atoms with E-state index in [-0.39, 0.29) is 0 Å². The first-order valence-corrected chi connectivity index (χ1v) is 4.95. The molecule has 0 aliphatic heterocycles. The molecule has 16 heavy (non-hydrogen) atoms. The van der Waals surface area contributed by atoms with E-state index in [1.807, 2.05) is 37.2 Å². The lowest BCUT2D eigenvalue weighted by Crippen LogP contribution is -2.11. The number of anilines is 3. The molecule has 2 aromatic heterocycles. The van der Waals surface area contributed by atoms with Gasteiger partial charge in [0.1, 0.15) is 18.0 Å². The van der Waals surface area contributed by atoms with Gasteiger partial charge in [-0.1, -0.05) is 0 Å². The molecule has 2 rings (SSSR count). The minimum atomic E-state index is 0.792. The fraction of sp³-hybridized carbons (Fsp3) is 0.182. The topological polar surface area (TPSA) is 53.9 Å². The van der Waals surface area contributed by atoms with Crippen LogP contribution < -0.4 is 10.2 Å². The second-order valence-electron chi connectivity index (χ2n) is 3.28. The van der Waals surface area contributed by atoms with Crippen LogP contribution in [0.4, 0.5) is 17.3 Å². The second-order valence-corrected chi connectivity index (χ2v) is 3.28. The molecule has 82 valence electrons. The van der Waals surface area contributed by atoms with Crippen LogP contribution in [0.5, 0.6) is 0 Å². The molecule has 0 amide bonds. The monoisotopic (exact) mass is 215 g/mol. The van der Waals surface area contributed by atoms with E-state index in [0.717, 1.165) is 17.3 Å². The largest absolute Gasteiger partial charge is 0.373 e. The Morgan fingerprint density at radius 3 is 2.88 bits per heavy atom. The summed E-state index contributed by atoms with van der Waals surface area (Å²) in [6.45, 7) is 0. The van der Waals surface area contributed by atoms with Crippen molar-refractivity contribution in [3.8, 4) is 0 Å². The summed E-state index contributed by atoms with van der Waals surface area (Å²) < 4.78 is 0. The lowest BCUT2D eigenvalue weighted by molar-refractivity contribution is 1.07. The molecule has 0 bridgehead atoms. The summed E-state index contributed by atoms with van der Waals surface area (Å²) in [6, 6.07) is 5.76. The third-order valence-electron chi connectivity index (χ3n) is 2.29. The van der Waals surface area contributed by atoms with Crippen molar-refractivity contribution in [3.63, 3.8) is 0 Å². The Balaban J connectivity index is 2.30. The van der Waals surface area contributed by atoms with E-state index < -0.39 is 0 Å². The smallest absolute Gasteiger partial charge is 0.138 e. The number of hydrogen-bond acceptors (Lipinski definition) is 5. The highest BCUT2D eigenvalue weighted by atomic mass is 15.2. The number of nitrogens with zero attached hydrogens (tertiary/aromatic N) is 4. The Morgan fingerprint density at radius 1 is 1.31 bits per heavy atom. The summed E-state index contributed by atoms with van der Waals surface area (Å²) in [5, 5.41) is 2.98. The molecule has 0 fully saturated rings. The number of rotatable bonds is 3. The van der Waals surface area contributed by atoms with Crippen molar-refractivity contribution in [2.75, 3.05) is 24.3 Å². The van der Waals surface area contributed by atoms with Gasteiger partial charge in [-0.3, -0.25) is 4.98 Å². The maximum atomic E-state index is 4.21. The molecule has 0 unspecified atom stereocenters. The molecule has 2 heterocycles. The standard InChI is InChI=1S/C11H13N5/c1-12-10-6-11(15-8-14-10)16(2)9-4-3-5-13-7-9/h3-8H,1-2H3,(H,12,14,15). The van der Waals surface area contributed by atoms with Crippen LogP contribution in [0, 0.1) is 0 Å². The Hall–Kier alpha value is -2.17. The van der Waals surface area contributed by atoms with Crippen molar-refractivity contribution < 1.29 is 0 Å². The molecule has 1 N–H and O–H groups in total. The maximum Gasteiger partial charge on any atom is 0.138 e. The molecular weight excluding hydrogens is 202 g/mol. The summed E-state index contributed by atoms with van der Waals surface area (Å²) in [6.07, 6.45) is 5.07. The quantitative estimate of drug-likeness (QED) is 0.844. The van der Waals surface area contributed by atoms with E-state index in [4.69, 9.17) is 0 Å². The normalized spacial score (nSPS) is 9.88. The zero-order valence-corrected chi connectivity index (χ0v) is 9.25. The van der Waals surface area contributed by atoms with Gasteiger partial charge in [0.15, 0.2) is 0 Å². The first-order chi connectivity index (χ1) is 7.81. The van der Waals surface area contributed by atoms with Crippen LogP contribution in [0.25, 0.3) is 0 Å². The number of hydrogen-bond donors (Lipinski definition) is 1. The van der Waals surface area contributed by atoms with Gasteiger partial charge in [0.05, 0.1) is 11.9 Å². The van der Waals surface area contributed by atoms with Crippen LogP contribution in [0.2, 0.25) is 0 Å². The van der Waals surface area contributed by atoms with E-state index in [0.29, 0.717) is 0 Å². The third kappa shape index (κ3) is 2.08. The van der Waals surface area contributed by atoms with Crippen molar-refractivity contribution in [2.24, 2.45) is 0 Å².